The third kappa shape index (κ3) is 5.68. The second-order valence-electron chi connectivity index (χ2n) is 4.86. The van der Waals surface area contributed by atoms with Gasteiger partial charge in [-0.1, -0.05) is 0 Å². The van der Waals surface area contributed by atoms with E-state index in [1.807, 2.05) is 24.3 Å². The predicted molar refractivity (Wildman–Crippen MR) is 96.2 cm³/mol. The van der Waals surface area contributed by atoms with Crippen LogP contribution in [0.5, 0.6) is 0 Å². The Morgan fingerprint density at radius 1 is 0.875 bits per heavy atom. The molecule has 0 bridgehead atoms. The maximum atomic E-state index is 11.0. The van der Waals surface area contributed by atoms with Gasteiger partial charge >= 0.3 is 0 Å². The first-order chi connectivity index (χ1) is 10.9. The number of azo groups is 1. The van der Waals surface area contributed by atoms with E-state index in [-0.39, 0.29) is 34.5 Å². The molecule has 6 nitrogen and oxygen atoms in total. The van der Waals surface area contributed by atoms with Gasteiger partial charge in [-0.3, -0.25) is 4.55 Å². The number of hydrogen-bond acceptors (Lipinski definition) is 5. The summed E-state index contributed by atoms with van der Waals surface area (Å²) in [4.78, 5) is 2.06. The van der Waals surface area contributed by atoms with Gasteiger partial charge in [0.15, 0.2) is 0 Å². The summed E-state index contributed by atoms with van der Waals surface area (Å²) in [5.74, 6) is 0. The summed E-state index contributed by atoms with van der Waals surface area (Å²) in [6.07, 6.45) is 0. The summed E-state index contributed by atoms with van der Waals surface area (Å²) in [6.45, 7) is 6.09. The van der Waals surface area contributed by atoms with Crippen LogP contribution in [0.1, 0.15) is 13.8 Å². The molecule has 1 radical (unpaired) electrons. The quantitative estimate of drug-likeness (QED) is 0.485. The molecule has 8 heteroatoms. The fourth-order valence-electron chi connectivity index (χ4n) is 2.12. The Kier molecular flexibility index (Phi) is 8.05. The van der Waals surface area contributed by atoms with Crippen molar-refractivity contribution >= 4 is 56.7 Å². The molecule has 24 heavy (non-hydrogen) atoms. The zero-order valence-corrected chi connectivity index (χ0v) is 16.9. The SMILES string of the molecule is CCN(CC)c1ccc(N=Nc2ccc(S(=O)(=O)O)cc2)cc1.[Na]. The maximum Gasteiger partial charge on any atom is 0.294 e. The fraction of sp³-hybridized carbons (Fsp3) is 0.250. The van der Waals surface area contributed by atoms with Crippen molar-refractivity contribution in [1.82, 2.24) is 0 Å². The zero-order valence-electron chi connectivity index (χ0n) is 14.0. The Morgan fingerprint density at radius 2 is 1.29 bits per heavy atom. The van der Waals surface area contributed by atoms with Gasteiger partial charge in [0.05, 0.1) is 16.3 Å². The second kappa shape index (κ2) is 9.29. The molecule has 2 aromatic rings. The summed E-state index contributed by atoms with van der Waals surface area (Å²) >= 11 is 0. The summed E-state index contributed by atoms with van der Waals surface area (Å²) in [6, 6.07) is 13.3. The van der Waals surface area contributed by atoms with Gasteiger partial charge in [0.1, 0.15) is 0 Å². The number of anilines is 1. The zero-order chi connectivity index (χ0) is 16.9. The molecule has 0 unspecified atom stereocenters. The number of hydrogen-bond donors (Lipinski definition) is 1. The minimum absolute atomic E-state index is 0. The van der Waals surface area contributed by atoms with Crippen LogP contribution < -0.4 is 4.90 Å². The van der Waals surface area contributed by atoms with E-state index >= 15 is 0 Å². The molecule has 0 atom stereocenters. The third-order valence-electron chi connectivity index (χ3n) is 3.39. The molecule has 1 N–H and O–H groups in total. The van der Waals surface area contributed by atoms with Crippen LogP contribution in [-0.4, -0.2) is 55.6 Å². The van der Waals surface area contributed by atoms with E-state index in [1.54, 1.807) is 0 Å². The second-order valence-corrected chi connectivity index (χ2v) is 6.28. The van der Waals surface area contributed by atoms with Crippen LogP contribution in [-0.2, 0) is 10.1 Å². The first kappa shape index (κ1) is 20.8. The van der Waals surface area contributed by atoms with E-state index < -0.39 is 10.1 Å². The molecular weight excluding hydrogens is 337 g/mol. The molecule has 0 amide bonds. The molecule has 2 aromatic carbocycles. The van der Waals surface area contributed by atoms with Gasteiger partial charge in [-0.25, -0.2) is 0 Å². The molecule has 0 aliphatic heterocycles. The van der Waals surface area contributed by atoms with Crippen LogP contribution in [0, 0.1) is 0 Å². The van der Waals surface area contributed by atoms with Gasteiger partial charge in [-0.15, -0.1) is 0 Å². The summed E-state index contributed by atoms with van der Waals surface area (Å²) in [7, 11) is -4.18. The Morgan fingerprint density at radius 3 is 1.67 bits per heavy atom. The minimum Gasteiger partial charge on any atom is -0.372 e. The normalized spacial score (nSPS) is 11.3. The Bertz CT molecular complexity index is 771. The Hall–Kier alpha value is -1.25. The van der Waals surface area contributed by atoms with Crippen LogP contribution in [0.15, 0.2) is 63.7 Å². The first-order valence-corrected chi connectivity index (χ1v) is 8.72. The molecule has 0 saturated carbocycles. The topological polar surface area (TPSA) is 82.3 Å². The molecule has 2 rings (SSSR count). The number of rotatable bonds is 6. The van der Waals surface area contributed by atoms with Gasteiger partial charge in [0.25, 0.3) is 10.1 Å². The van der Waals surface area contributed by atoms with Gasteiger partial charge in [-0.05, 0) is 62.4 Å². The van der Waals surface area contributed by atoms with E-state index in [4.69, 9.17) is 4.55 Å². The molecule has 0 fully saturated rings. The van der Waals surface area contributed by atoms with E-state index in [2.05, 4.69) is 29.0 Å². The van der Waals surface area contributed by atoms with Crippen molar-refractivity contribution in [2.75, 3.05) is 18.0 Å². The average Bonchev–Trinajstić information content (AvgIpc) is 2.55. The summed E-state index contributed by atoms with van der Waals surface area (Å²) in [5, 5.41) is 8.16. The third-order valence-corrected chi connectivity index (χ3v) is 4.26. The smallest absolute Gasteiger partial charge is 0.294 e. The van der Waals surface area contributed by atoms with Crippen LogP contribution in [0.3, 0.4) is 0 Å². The number of nitrogens with zero attached hydrogens (tertiary/aromatic N) is 3. The minimum atomic E-state index is -4.18. The van der Waals surface area contributed by atoms with Crippen LogP contribution in [0.4, 0.5) is 17.1 Å². The van der Waals surface area contributed by atoms with Crippen molar-refractivity contribution in [3.8, 4) is 0 Å². The van der Waals surface area contributed by atoms with Gasteiger partial charge < -0.3 is 4.90 Å². The number of benzene rings is 2. The van der Waals surface area contributed by atoms with Gasteiger partial charge in [-0.2, -0.15) is 18.6 Å². The van der Waals surface area contributed by atoms with E-state index in [1.165, 1.54) is 24.3 Å². The first-order valence-electron chi connectivity index (χ1n) is 7.28. The molecule has 0 aromatic heterocycles. The summed E-state index contributed by atoms with van der Waals surface area (Å²) in [5.41, 5.74) is 2.34. The Labute approximate surface area is 164 Å². The standard InChI is InChI=1S/C16H19N3O3S.Na/c1-3-19(4-2)15-9-5-13(6-10-15)17-18-14-7-11-16(12-8-14)23(20,21)22;/h5-12H,3-4H2,1-2H3,(H,20,21,22);. The molecule has 0 heterocycles. The van der Waals surface area contributed by atoms with Crippen molar-refractivity contribution in [2.45, 2.75) is 18.7 Å². The fourth-order valence-corrected chi connectivity index (χ4v) is 2.60. The predicted octanol–water partition coefficient (Wildman–Crippen LogP) is 3.81. The monoisotopic (exact) mass is 356 g/mol. The molecule has 0 saturated heterocycles. The molecular formula is C16H19N3NaO3S. The molecule has 0 aliphatic rings. The van der Waals surface area contributed by atoms with Crippen LogP contribution in [0.2, 0.25) is 0 Å². The van der Waals surface area contributed by atoms with Gasteiger partial charge in [0, 0.05) is 48.3 Å². The van der Waals surface area contributed by atoms with E-state index in [0.29, 0.717) is 11.4 Å². The summed E-state index contributed by atoms with van der Waals surface area (Å²) < 4.78 is 30.8. The van der Waals surface area contributed by atoms with Crippen molar-refractivity contribution in [3.05, 3.63) is 48.5 Å². The van der Waals surface area contributed by atoms with Crippen molar-refractivity contribution in [2.24, 2.45) is 10.2 Å². The Balaban J connectivity index is 0.00000288. The molecule has 0 aliphatic carbocycles. The average molecular weight is 356 g/mol. The molecule has 123 valence electrons. The van der Waals surface area contributed by atoms with Crippen LogP contribution in [0.25, 0.3) is 0 Å². The van der Waals surface area contributed by atoms with Crippen molar-refractivity contribution in [3.63, 3.8) is 0 Å². The van der Waals surface area contributed by atoms with Gasteiger partial charge in [0.2, 0.25) is 0 Å². The van der Waals surface area contributed by atoms with E-state index in [0.717, 1.165) is 18.8 Å². The largest absolute Gasteiger partial charge is 0.372 e. The van der Waals surface area contributed by atoms with E-state index in [9.17, 15) is 8.42 Å². The van der Waals surface area contributed by atoms with Crippen molar-refractivity contribution < 1.29 is 13.0 Å². The molecule has 0 spiro atoms. The van der Waals surface area contributed by atoms with Crippen LogP contribution >= 0.6 is 0 Å². The maximum absolute atomic E-state index is 11.0. The van der Waals surface area contributed by atoms with Crippen molar-refractivity contribution in [1.29, 1.82) is 0 Å².